The molecule has 1 aliphatic rings. The summed E-state index contributed by atoms with van der Waals surface area (Å²) in [6, 6.07) is 16.0. The minimum atomic E-state index is -3.58. The van der Waals surface area contributed by atoms with Crippen LogP contribution in [-0.4, -0.2) is 42.6 Å². The monoisotopic (exact) mass is 424 g/mol. The van der Waals surface area contributed by atoms with Gasteiger partial charge in [-0.15, -0.1) is 0 Å². The van der Waals surface area contributed by atoms with Gasteiger partial charge in [-0.25, -0.2) is 0 Å². The van der Waals surface area contributed by atoms with Crippen molar-refractivity contribution >= 4 is 20.2 Å². The molecule has 28 heavy (non-hydrogen) atoms. The van der Waals surface area contributed by atoms with Crippen LogP contribution in [-0.2, 0) is 40.4 Å². The summed E-state index contributed by atoms with van der Waals surface area (Å²) in [4.78, 5) is 0. The maximum Gasteiger partial charge on any atom is 0.264 e. The van der Waals surface area contributed by atoms with Crippen LogP contribution in [0.5, 0.6) is 0 Å². The first kappa shape index (κ1) is 21.0. The molecule has 1 aliphatic carbocycles. The van der Waals surface area contributed by atoms with Crippen molar-refractivity contribution in [1.29, 1.82) is 0 Å². The summed E-state index contributed by atoms with van der Waals surface area (Å²) in [5.74, 6) is 0. The molecule has 0 fully saturated rings. The average molecular weight is 425 g/mol. The van der Waals surface area contributed by atoms with Crippen LogP contribution in [0.15, 0.2) is 48.5 Å². The molecular formula is C20H24O6S2. The van der Waals surface area contributed by atoms with Crippen molar-refractivity contribution in [3.05, 3.63) is 70.8 Å². The fraction of sp³-hybridized carbons (Fsp3) is 0.400. The standard InChI is InChI=1S/C20H24O6S2/c1-27(21,22)25-13-11-20(12-14-26-28(2,23)24)18-9-5-3-7-16(18)15-17-8-4-6-10-19(17)20/h3-10H,11-15H2,1-2H3. The summed E-state index contributed by atoms with van der Waals surface area (Å²) in [7, 11) is -7.15. The second kappa shape index (κ2) is 7.94. The number of fused-ring (bicyclic) bond motifs is 2. The van der Waals surface area contributed by atoms with Gasteiger partial charge in [0.15, 0.2) is 0 Å². The Balaban J connectivity index is 2.06. The Hall–Kier alpha value is -1.74. The number of hydrogen-bond acceptors (Lipinski definition) is 6. The normalized spacial score (nSPS) is 15.6. The molecule has 0 spiro atoms. The van der Waals surface area contributed by atoms with E-state index in [1.807, 2.05) is 36.4 Å². The summed E-state index contributed by atoms with van der Waals surface area (Å²) in [5, 5.41) is 0. The Morgan fingerprint density at radius 1 is 0.750 bits per heavy atom. The summed E-state index contributed by atoms with van der Waals surface area (Å²) < 4.78 is 56.0. The van der Waals surface area contributed by atoms with E-state index in [-0.39, 0.29) is 13.2 Å². The zero-order valence-electron chi connectivity index (χ0n) is 15.9. The van der Waals surface area contributed by atoms with Gasteiger partial charge in [-0.3, -0.25) is 8.37 Å². The Labute approximate surface area is 166 Å². The smallest absolute Gasteiger partial charge is 0.264 e. The molecule has 0 N–H and O–H groups in total. The maximum atomic E-state index is 11.5. The summed E-state index contributed by atoms with van der Waals surface area (Å²) in [6.07, 6.45) is 3.60. The molecule has 0 unspecified atom stereocenters. The molecule has 2 aromatic rings. The molecule has 0 heterocycles. The molecule has 0 aliphatic heterocycles. The highest BCUT2D eigenvalue weighted by Crippen LogP contribution is 2.46. The van der Waals surface area contributed by atoms with Crippen LogP contribution < -0.4 is 0 Å². The van der Waals surface area contributed by atoms with Gasteiger partial charge in [0.1, 0.15) is 0 Å². The lowest BCUT2D eigenvalue weighted by atomic mass is 9.63. The Morgan fingerprint density at radius 2 is 1.14 bits per heavy atom. The largest absolute Gasteiger partial charge is 0.270 e. The molecule has 0 saturated heterocycles. The van der Waals surface area contributed by atoms with E-state index in [9.17, 15) is 16.8 Å². The van der Waals surface area contributed by atoms with Crippen LogP contribution in [0.25, 0.3) is 0 Å². The van der Waals surface area contributed by atoms with Crippen LogP contribution >= 0.6 is 0 Å². The number of benzene rings is 2. The van der Waals surface area contributed by atoms with Crippen LogP contribution in [0.2, 0.25) is 0 Å². The molecule has 0 saturated carbocycles. The van der Waals surface area contributed by atoms with Gasteiger partial charge in [-0.1, -0.05) is 48.5 Å². The molecule has 0 radical (unpaired) electrons. The fourth-order valence-corrected chi connectivity index (χ4v) is 4.80. The van der Waals surface area contributed by atoms with Gasteiger partial charge in [0.05, 0.1) is 25.7 Å². The van der Waals surface area contributed by atoms with E-state index in [0.717, 1.165) is 41.2 Å². The van der Waals surface area contributed by atoms with Crippen molar-refractivity contribution in [3.63, 3.8) is 0 Å². The van der Waals surface area contributed by atoms with Gasteiger partial charge >= 0.3 is 0 Å². The molecule has 0 aromatic heterocycles. The minimum Gasteiger partial charge on any atom is -0.270 e. The first-order chi connectivity index (χ1) is 13.1. The molecule has 2 aromatic carbocycles. The quantitative estimate of drug-likeness (QED) is 0.606. The Bertz CT molecular complexity index is 972. The molecule has 8 heteroatoms. The molecular weight excluding hydrogens is 400 g/mol. The molecule has 152 valence electrons. The summed E-state index contributed by atoms with van der Waals surface area (Å²) in [5.41, 5.74) is 3.80. The predicted octanol–water partition coefficient (Wildman–Crippen LogP) is 2.61. The summed E-state index contributed by atoms with van der Waals surface area (Å²) in [6.45, 7) is 0.000748. The predicted molar refractivity (Wildman–Crippen MR) is 107 cm³/mol. The third-order valence-electron chi connectivity index (χ3n) is 5.10. The molecule has 3 rings (SSSR count). The molecule has 0 amide bonds. The van der Waals surface area contributed by atoms with E-state index in [2.05, 4.69) is 12.1 Å². The number of hydrogen-bond donors (Lipinski definition) is 0. The van der Waals surface area contributed by atoms with Crippen molar-refractivity contribution in [2.75, 3.05) is 25.7 Å². The van der Waals surface area contributed by atoms with Crippen LogP contribution in [0.3, 0.4) is 0 Å². The molecule has 0 bridgehead atoms. The highest BCUT2D eigenvalue weighted by atomic mass is 32.2. The first-order valence-corrected chi connectivity index (χ1v) is 12.6. The third-order valence-corrected chi connectivity index (χ3v) is 6.29. The van der Waals surface area contributed by atoms with E-state index >= 15 is 0 Å². The van der Waals surface area contributed by atoms with Crippen molar-refractivity contribution in [2.24, 2.45) is 0 Å². The lowest BCUT2D eigenvalue weighted by molar-refractivity contribution is 0.236. The minimum absolute atomic E-state index is 0.000374. The van der Waals surface area contributed by atoms with Crippen molar-refractivity contribution in [1.82, 2.24) is 0 Å². The van der Waals surface area contributed by atoms with Crippen molar-refractivity contribution < 1.29 is 25.2 Å². The Morgan fingerprint density at radius 3 is 1.54 bits per heavy atom. The van der Waals surface area contributed by atoms with Crippen molar-refractivity contribution in [2.45, 2.75) is 24.7 Å². The summed E-state index contributed by atoms with van der Waals surface area (Å²) >= 11 is 0. The van der Waals surface area contributed by atoms with Gasteiger partial charge < -0.3 is 0 Å². The maximum absolute atomic E-state index is 11.5. The molecule has 0 atom stereocenters. The van der Waals surface area contributed by atoms with E-state index in [1.165, 1.54) is 0 Å². The van der Waals surface area contributed by atoms with E-state index in [4.69, 9.17) is 8.37 Å². The van der Waals surface area contributed by atoms with Crippen LogP contribution in [0, 0.1) is 0 Å². The van der Waals surface area contributed by atoms with E-state index < -0.39 is 25.7 Å². The first-order valence-electron chi connectivity index (χ1n) is 8.96. The SMILES string of the molecule is CS(=O)(=O)OCCC1(CCOS(C)(=O)=O)c2ccccc2Cc2ccccc21. The van der Waals surface area contributed by atoms with Crippen LogP contribution in [0.4, 0.5) is 0 Å². The zero-order valence-corrected chi connectivity index (χ0v) is 17.6. The number of rotatable bonds is 8. The molecule has 6 nitrogen and oxygen atoms in total. The zero-order chi connectivity index (χ0) is 20.4. The van der Waals surface area contributed by atoms with Gasteiger partial charge in [-0.05, 0) is 41.5 Å². The van der Waals surface area contributed by atoms with Crippen LogP contribution in [0.1, 0.15) is 35.1 Å². The van der Waals surface area contributed by atoms with E-state index in [1.54, 1.807) is 0 Å². The lowest BCUT2D eigenvalue weighted by Gasteiger charge is -2.41. The highest BCUT2D eigenvalue weighted by Gasteiger charge is 2.40. The fourth-order valence-electron chi connectivity index (χ4n) is 4.03. The average Bonchev–Trinajstić information content (AvgIpc) is 2.59. The van der Waals surface area contributed by atoms with Gasteiger partial charge in [0, 0.05) is 5.41 Å². The lowest BCUT2D eigenvalue weighted by Crippen LogP contribution is -2.36. The highest BCUT2D eigenvalue weighted by molar-refractivity contribution is 7.86. The second-order valence-electron chi connectivity index (χ2n) is 7.13. The third kappa shape index (κ3) is 4.81. The second-order valence-corrected chi connectivity index (χ2v) is 10.4. The van der Waals surface area contributed by atoms with E-state index in [0.29, 0.717) is 12.8 Å². The van der Waals surface area contributed by atoms with Gasteiger partial charge in [0.2, 0.25) is 0 Å². The van der Waals surface area contributed by atoms with Gasteiger partial charge in [0.25, 0.3) is 20.2 Å². The van der Waals surface area contributed by atoms with Gasteiger partial charge in [-0.2, -0.15) is 16.8 Å². The topological polar surface area (TPSA) is 86.7 Å². The Kier molecular flexibility index (Phi) is 5.95. The van der Waals surface area contributed by atoms with Crippen molar-refractivity contribution in [3.8, 4) is 0 Å².